The first-order valence-corrected chi connectivity index (χ1v) is 11.0. The zero-order valence-electron chi connectivity index (χ0n) is 18.9. The third-order valence-corrected chi connectivity index (χ3v) is 6.24. The number of amides is 1. The Balaban J connectivity index is 2.03. The van der Waals surface area contributed by atoms with E-state index in [1.54, 1.807) is 4.90 Å². The lowest BCUT2D eigenvalue weighted by Gasteiger charge is -2.33. The van der Waals surface area contributed by atoms with Crippen molar-refractivity contribution in [3.8, 4) is 0 Å². The maximum absolute atomic E-state index is 13.2. The van der Waals surface area contributed by atoms with Crippen LogP contribution in [-0.4, -0.2) is 49.2 Å². The molecule has 2 N–H and O–H groups in total. The van der Waals surface area contributed by atoms with E-state index >= 15 is 0 Å². The number of hydrogen-bond donors (Lipinski definition) is 2. The second kappa shape index (κ2) is 9.04. The van der Waals surface area contributed by atoms with Crippen LogP contribution in [0.3, 0.4) is 0 Å². The number of quaternary nitrogens is 1. The number of hydrogen-bond acceptors (Lipinski definition) is 2. The summed E-state index contributed by atoms with van der Waals surface area (Å²) in [6.45, 7) is 19.0. The van der Waals surface area contributed by atoms with E-state index in [4.69, 9.17) is 0 Å². The molecule has 0 bridgehead atoms. The summed E-state index contributed by atoms with van der Waals surface area (Å²) in [6, 6.07) is 8.57. The van der Waals surface area contributed by atoms with Gasteiger partial charge in [0.1, 0.15) is 5.69 Å². The molecule has 1 fully saturated rings. The summed E-state index contributed by atoms with van der Waals surface area (Å²) >= 11 is 0. The fourth-order valence-corrected chi connectivity index (χ4v) is 4.53. The van der Waals surface area contributed by atoms with Gasteiger partial charge in [0.25, 0.3) is 5.91 Å². The summed E-state index contributed by atoms with van der Waals surface area (Å²) in [6.07, 6.45) is 0. The van der Waals surface area contributed by atoms with E-state index in [1.807, 2.05) is 13.8 Å². The van der Waals surface area contributed by atoms with Gasteiger partial charge in [0, 0.05) is 23.8 Å². The zero-order chi connectivity index (χ0) is 21.1. The summed E-state index contributed by atoms with van der Waals surface area (Å²) in [7, 11) is 0. The lowest BCUT2D eigenvalue weighted by Crippen LogP contribution is -3.14. The van der Waals surface area contributed by atoms with Crippen LogP contribution in [0.1, 0.15) is 53.6 Å². The molecule has 0 spiro atoms. The Kier molecular flexibility index (Phi) is 6.68. The SMILES string of the molecule is CC[NH+]1CCN(c2c(C)c(C(=O)NC(C)C)n(Cc3ccccc3C)c2C)CC1. The van der Waals surface area contributed by atoms with Crippen LogP contribution in [0.15, 0.2) is 24.3 Å². The molecular weight excluding hydrogens is 360 g/mol. The lowest BCUT2D eigenvalue weighted by molar-refractivity contribution is -0.898. The van der Waals surface area contributed by atoms with Crippen molar-refractivity contribution in [2.75, 3.05) is 37.6 Å². The van der Waals surface area contributed by atoms with Crippen molar-refractivity contribution < 1.29 is 9.69 Å². The van der Waals surface area contributed by atoms with Gasteiger partial charge in [-0.15, -0.1) is 0 Å². The molecule has 1 aromatic carbocycles. The highest BCUT2D eigenvalue weighted by Gasteiger charge is 2.29. The van der Waals surface area contributed by atoms with Gasteiger partial charge in [0.05, 0.1) is 38.4 Å². The van der Waals surface area contributed by atoms with Gasteiger partial charge >= 0.3 is 0 Å². The summed E-state index contributed by atoms with van der Waals surface area (Å²) in [5, 5.41) is 3.12. The molecule has 1 aliphatic rings. The summed E-state index contributed by atoms with van der Waals surface area (Å²) in [5.41, 5.74) is 6.88. The number of rotatable bonds is 6. The monoisotopic (exact) mass is 397 g/mol. The number of nitrogens with one attached hydrogen (secondary N) is 2. The first kappa shape index (κ1) is 21.4. The molecule has 29 heavy (non-hydrogen) atoms. The Morgan fingerprint density at radius 2 is 1.79 bits per heavy atom. The number of anilines is 1. The van der Waals surface area contributed by atoms with E-state index in [1.165, 1.54) is 29.1 Å². The van der Waals surface area contributed by atoms with Crippen molar-refractivity contribution in [1.82, 2.24) is 9.88 Å². The molecule has 1 aliphatic heterocycles. The predicted molar refractivity (Wildman–Crippen MR) is 120 cm³/mol. The first-order valence-electron chi connectivity index (χ1n) is 11.0. The van der Waals surface area contributed by atoms with Gasteiger partial charge in [0.15, 0.2) is 0 Å². The molecule has 2 aromatic rings. The standard InChI is InChI=1S/C24H36N4O/c1-7-26-12-14-27(15-13-26)22-19(5)23(24(29)25-17(2)3)28(20(22)6)16-21-11-9-8-10-18(21)4/h8-11,17H,7,12-16H2,1-6H3,(H,25,29)/p+1. The quantitative estimate of drug-likeness (QED) is 0.786. The Labute approximate surface area is 175 Å². The molecule has 1 aromatic heterocycles. The fraction of sp³-hybridized carbons (Fsp3) is 0.542. The van der Waals surface area contributed by atoms with Gasteiger partial charge in [-0.3, -0.25) is 4.79 Å². The van der Waals surface area contributed by atoms with E-state index in [0.29, 0.717) is 0 Å². The topological polar surface area (TPSA) is 41.7 Å². The Hall–Kier alpha value is -2.27. The van der Waals surface area contributed by atoms with E-state index in [-0.39, 0.29) is 11.9 Å². The molecule has 5 heteroatoms. The van der Waals surface area contributed by atoms with Gasteiger partial charge in [0.2, 0.25) is 0 Å². The van der Waals surface area contributed by atoms with Crippen LogP contribution in [0.25, 0.3) is 0 Å². The number of benzene rings is 1. The normalized spacial score (nSPS) is 15.2. The van der Waals surface area contributed by atoms with Gasteiger partial charge in [-0.2, -0.15) is 0 Å². The minimum Gasteiger partial charge on any atom is -0.359 e. The van der Waals surface area contributed by atoms with Crippen LogP contribution in [0.4, 0.5) is 5.69 Å². The largest absolute Gasteiger partial charge is 0.359 e. The van der Waals surface area contributed by atoms with Crippen molar-refractivity contribution in [2.24, 2.45) is 0 Å². The summed E-state index contributed by atoms with van der Waals surface area (Å²) in [4.78, 5) is 17.3. The average molecular weight is 398 g/mol. The number of likely N-dealkylation sites (N-methyl/N-ethyl adjacent to an activating group) is 1. The molecule has 0 atom stereocenters. The van der Waals surface area contributed by atoms with E-state index in [0.717, 1.165) is 44.0 Å². The van der Waals surface area contributed by atoms with Gasteiger partial charge in [-0.1, -0.05) is 24.3 Å². The Morgan fingerprint density at radius 3 is 2.38 bits per heavy atom. The molecular formula is C24H37N4O+. The van der Waals surface area contributed by atoms with Crippen LogP contribution in [0.2, 0.25) is 0 Å². The fourth-order valence-electron chi connectivity index (χ4n) is 4.53. The number of aromatic nitrogens is 1. The van der Waals surface area contributed by atoms with E-state index in [9.17, 15) is 4.79 Å². The lowest BCUT2D eigenvalue weighted by atomic mass is 10.1. The average Bonchev–Trinajstić information content (AvgIpc) is 2.93. The zero-order valence-corrected chi connectivity index (χ0v) is 18.9. The molecule has 3 rings (SSSR count). The molecule has 1 amide bonds. The number of aryl methyl sites for hydroxylation is 1. The van der Waals surface area contributed by atoms with Crippen molar-refractivity contribution in [3.05, 3.63) is 52.3 Å². The van der Waals surface area contributed by atoms with Crippen molar-refractivity contribution in [1.29, 1.82) is 0 Å². The molecule has 158 valence electrons. The molecule has 0 radical (unpaired) electrons. The highest BCUT2D eigenvalue weighted by atomic mass is 16.2. The number of nitrogens with zero attached hydrogens (tertiary/aromatic N) is 2. The molecule has 5 nitrogen and oxygen atoms in total. The van der Waals surface area contributed by atoms with Gasteiger partial charge in [-0.25, -0.2) is 0 Å². The minimum absolute atomic E-state index is 0.0262. The third-order valence-electron chi connectivity index (χ3n) is 6.24. The highest BCUT2D eigenvalue weighted by Crippen LogP contribution is 2.32. The van der Waals surface area contributed by atoms with Crippen LogP contribution < -0.4 is 15.1 Å². The third kappa shape index (κ3) is 4.50. The minimum atomic E-state index is 0.0262. The first-order chi connectivity index (χ1) is 13.8. The molecule has 2 heterocycles. The van der Waals surface area contributed by atoms with Crippen LogP contribution in [0, 0.1) is 20.8 Å². The summed E-state index contributed by atoms with van der Waals surface area (Å²) in [5.74, 6) is 0.0262. The smallest absolute Gasteiger partial charge is 0.268 e. The Bertz CT molecular complexity index is 860. The van der Waals surface area contributed by atoms with Gasteiger partial charge in [-0.05, 0) is 52.7 Å². The molecule has 0 saturated carbocycles. The summed E-state index contributed by atoms with van der Waals surface area (Å²) < 4.78 is 2.23. The van der Waals surface area contributed by atoms with Crippen LogP contribution in [0.5, 0.6) is 0 Å². The molecule has 0 aliphatic carbocycles. The maximum Gasteiger partial charge on any atom is 0.268 e. The second-order valence-electron chi connectivity index (χ2n) is 8.64. The molecule has 1 saturated heterocycles. The Morgan fingerprint density at radius 1 is 1.14 bits per heavy atom. The van der Waals surface area contributed by atoms with Gasteiger partial charge < -0.3 is 19.7 Å². The molecule has 0 unspecified atom stereocenters. The highest BCUT2D eigenvalue weighted by molar-refractivity contribution is 5.96. The van der Waals surface area contributed by atoms with Crippen molar-refractivity contribution in [2.45, 2.75) is 54.1 Å². The maximum atomic E-state index is 13.2. The number of piperazine rings is 1. The van der Waals surface area contributed by atoms with Crippen molar-refractivity contribution >= 4 is 11.6 Å². The van der Waals surface area contributed by atoms with E-state index < -0.39 is 0 Å². The number of carbonyl (C=O) groups is 1. The number of carbonyl (C=O) groups excluding carboxylic acids is 1. The van der Waals surface area contributed by atoms with Crippen LogP contribution >= 0.6 is 0 Å². The second-order valence-corrected chi connectivity index (χ2v) is 8.64. The van der Waals surface area contributed by atoms with Crippen molar-refractivity contribution in [3.63, 3.8) is 0 Å². The van der Waals surface area contributed by atoms with Crippen LogP contribution in [-0.2, 0) is 6.54 Å². The van der Waals surface area contributed by atoms with E-state index in [2.05, 4.69) is 66.7 Å². The predicted octanol–water partition coefficient (Wildman–Crippen LogP) is 2.32.